The number of methoxy groups -OCH3 is 1. The fourth-order valence-electron chi connectivity index (χ4n) is 2.10. The fraction of sp³-hybridized carbons (Fsp3) is 0.308. The molecule has 7 heteroatoms. The molecular formula is C13H15N3O3S. The molecule has 0 radical (unpaired) electrons. The molecule has 1 aromatic carbocycles. The van der Waals surface area contributed by atoms with Gasteiger partial charge >= 0.3 is 0 Å². The molecule has 6 nitrogen and oxygen atoms in total. The number of carbonyl (C=O) groups is 2. The first-order chi connectivity index (χ1) is 9.49. The largest absolute Gasteiger partial charge is 0.496 e. The number of nitrogens with one attached hydrogen (secondary N) is 1. The van der Waals surface area contributed by atoms with Crippen LogP contribution in [0.3, 0.4) is 0 Å². The minimum atomic E-state index is -0.284. The van der Waals surface area contributed by atoms with E-state index in [1.807, 2.05) is 12.1 Å². The van der Waals surface area contributed by atoms with Gasteiger partial charge in [-0.2, -0.15) is 0 Å². The number of imide groups is 1. The van der Waals surface area contributed by atoms with Gasteiger partial charge in [0.25, 0.3) is 0 Å². The van der Waals surface area contributed by atoms with E-state index in [4.69, 9.17) is 22.7 Å². The molecule has 20 heavy (non-hydrogen) atoms. The Labute approximate surface area is 121 Å². The number of thiocarbonyl (C=S) groups is 1. The summed E-state index contributed by atoms with van der Waals surface area (Å²) in [4.78, 5) is 24.6. The van der Waals surface area contributed by atoms with Crippen LogP contribution in [-0.4, -0.2) is 41.9 Å². The molecule has 0 aromatic heterocycles. The van der Waals surface area contributed by atoms with Crippen molar-refractivity contribution in [2.45, 2.75) is 6.54 Å². The van der Waals surface area contributed by atoms with E-state index in [9.17, 15) is 9.59 Å². The van der Waals surface area contributed by atoms with E-state index in [1.165, 1.54) is 0 Å². The molecule has 2 amide bonds. The molecule has 1 aliphatic rings. The van der Waals surface area contributed by atoms with Crippen LogP contribution in [0.4, 0.5) is 0 Å². The third-order valence-electron chi connectivity index (χ3n) is 2.95. The number of hydrogen-bond donors (Lipinski definition) is 2. The van der Waals surface area contributed by atoms with Crippen LogP contribution in [0.15, 0.2) is 18.2 Å². The van der Waals surface area contributed by atoms with Crippen molar-refractivity contribution < 1.29 is 14.3 Å². The Balaban J connectivity index is 2.15. The lowest BCUT2D eigenvalue weighted by atomic mass is 10.1. The van der Waals surface area contributed by atoms with Gasteiger partial charge in [-0.25, -0.2) is 0 Å². The SMILES string of the molecule is COc1cc(CN2CC(=O)NC(=O)C2)ccc1C(N)=S. The second-order valence-electron chi connectivity index (χ2n) is 4.52. The Kier molecular flexibility index (Phi) is 4.31. The summed E-state index contributed by atoms with van der Waals surface area (Å²) in [7, 11) is 1.54. The highest BCUT2D eigenvalue weighted by Gasteiger charge is 2.22. The van der Waals surface area contributed by atoms with Crippen molar-refractivity contribution in [1.82, 2.24) is 10.2 Å². The lowest BCUT2D eigenvalue weighted by Crippen LogP contribution is -2.50. The summed E-state index contributed by atoms with van der Waals surface area (Å²) in [5, 5.41) is 2.26. The highest BCUT2D eigenvalue weighted by Crippen LogP contribution is 2.21. The van der Waals surface area contributed by atoms with Crippen LogP contribution in [0, 0.1) is 0 Å². The minimum Gasteiger partial charge on any atom is -0.496 e. The van der Waals surface area contributed by atoms with Gasteiger partial charge in [0.15, 0.2) is 0 Å². The third-order valence-corrected chi connectivity index (χ3v) is 3.17. The van der Waals surface area contributed by atoms with E-state index in [2.05, 4.69) is 5.32 Å². The zero-order valence-corrected chi connectivity index (χ0v) is 11.8. The summed E-state index contributed by atoms with van der Waals surface area (Å²) in [6.07, 6.45) is 0. The number of nitrogens with zero attached hydrogens (tertiary/aromatic N) is 1. The standard InChI is InChI=1S/C13H15N3O3S/c1-19-10-4-8(2-3-9(10)13(14)20)5-16-6-11(17)15-12(18)7-16/h2-4H,5-7H2,1H3,(H2,14,20)(H,15,17,18). The van der Waals surface area contributed by atoms with Gasteiger partial charge in [0, 0.05) is 6.54 Å². The first-order valence-electron chi connectivity index (χ1n) is 6.01. The number of amides is 2. The first kappa shape index (κ1) is 14.4. The van der Waals surface area contributed by atoms with E-state index >= 15 is 0 Å². The Hall–Kier alpha value is -1.99. The molecule has 1 fully saturated rings. The molecule has 106 valence electrons. The number of rotatable bonds is 4. The molecule has 0 spiro atoms. The number of piperazine rings is 1. The van der Waals surface area contributed by atoms with Crippen LogP contribution in [0.5, 0.6) is 5.75 Å². The molecule has 1 aromatic rings. The maximum atomic E-state index is 11.3. The third kappa shape index (κ3) is 3.31. The van der Waals surface area contributed by atoms with Crippen molar-refractivity contribution in [3.8, 4) is 5.75 Å². The van der Waals surface area contributed by atoms with Crippen LogP contribution < -0.4 is 15.8 Å². The van der Waals surface area contributed by atoms with Crippen LogP contribution in [0.2, 0.25) is 0 Å². The number of nitrogens with two attached hydrogens (primary N) is 1. The molecule has 0 saturated carbocycles. The molecule has 0 bridgehead atoms. The van der Waals surface area contributed by atoms with Gasteiger partial charge in [0.05, 0.1) is 25.8 Å². The predicted molar refractivity (Wildman–Crippen MR) is 77.3 cm³/mol. The molecule has 3 N–H and O–H groups in total. The number of hydrogen-bond acceptors (Lipinski definition) is 5. The average molecular weight is 293 g/mol. The Bertz CT molecular complexity index is 558. The highest BCUT2D eigenvalue weighted by atomic mass is 32.1. The highest BCUT2D eigenvalue weighted by molar-refractivity contribution is 7.80. The quantitative estimate of drug-likeness (QED) is 0.590. The summed E-state index contributed by atoms with van der Waals surface area (Å²) in [6.45, 7) is 0.878. The molecule has 1 heterocycles. The van der Waals surface area contributed by atoms with E-state index in [1.54, 1.807) is 18.1 Å². The summed E-state index contributed by atoms with van der Waals surface area (Å²) < 4.78 is 5.25. The minimum absolute atomic E-state index is 0.200. The lowest BCUT2D eigenvalue weighted by molar-refractivity contribution is -0.136. The van der Waals surface area contributed by atoms with E-state index in [0.717, 1.165) is 5.56 Å². The molecule has 1 saturated heterocycles. The normalized spacial score (nSPS) is 15.8. The van der Waals surface area contributed by atoms with Crippen LogP contribution >= 0.6 is 12.2 Å². The summed E-state index contributed by atoms with van der Waals surface area (Å²) in [6, 6.07) is 5.45. The van der Waals surface area contributed by atoms with Crippen molar-refractivity contribution >= 4 is 29.0 Å². The molecule has 0 aliphatic carbocycles. The zero-order chi connectivity index (χ0) is 14.7. The van der Waals surface area contributed by atoms with Gasteiger partial charge in [-0.3, -0.25) is 19.8 Å². The molecule has 2 rings (SSSR count). The fourth-order valence-corrected chi connectivity index (χ4v) is 2.27. The Morgan fingerprint density at radius 2 is 2.05 bits per heavy atom. The van der Waals surface area contributed by atoms with Gasteiger partial charge in [0.1, 0.15) is 10.7 Å². The van der Waals surface area contributed by atoms with Gasteiger partial charge in [0.2, 0.25) is 11.8 Å². The van der Waals surface area contributed by atoms with Crippen LogP contribution in [0.1, 0.15) is 11.1 Å². The summed E-state index contributed by atoms with van der Waals surface area (Å²) in [5.74, 6) is 0.0173. The van der Waals surface area contributed by atoms with Crippen molar-refractivity contribution in [2.24, 2.45) is 5.73 Å². The van der Waals surface area contributed by atoms with Crippen molar-refractivity contribution in [1.29, 1.82) is 0 Å². The monoisotopic (exact) mass is 293 g/mol. The van der Waals surface area contributed by atoms with Gasteiger partial charge in [-0.1, -0.05) is 18.3 Å². The van der Waals surface area contributed by atoms with Crippen LogP contribution in [0.25, 0.3) is 0 Å². The van der Waals surface area contributed by atoms with E-state index in [0.29, 0.717) is 17.9 Å². The van der Waals surface area contributed by atoms with E-state index in [-0.39, 0.29) is 29.9 Å². The second kappa shape index (κ2) is 5.98. The molecule has 0 atom stereocenters. The predicted octanol–water partition coefficient (Wildman–Crippen LogP) is -0.212. The summed E-state index contributed by atoms with van der Waals surface area (Å²) in [5.41, 5.74) is 7.19. The van der Waals surface area contributed by atoms with Crippen molar-refractivity contribution in [3.05, 3.63) is 29.3 Å². The number of ether oxygens (including phenoxy) is 1. The zero-order valence-electron chi connectivity index (χ0n) is 11.0. The van der Waals surface area contributed by atoms with Crippen LogP contribution in [-0.2, 0) is 16.1 Å². The maximum absolute atomic E-state index is 11.3. The van der Waals surface area contributed by atoms with Crippen molar-refractivity contribution in [2.75, 3.05) is 20.2 Å². The average Bonchev–Trinajstić information content (AvgIpc) is 2.37. The first-order valence-corrected chi connectivity index (χ1v) is 6.42. The molecule has 1 aliphatic heterocycles. The van der Waals surface area contributed by atoms with Crippen molar-refractivity contribution in [3.63, 3.8) is 0 Å². The number of carbonyl (C=O) groups excluding carboxylic acids is 2. The molecule has 0 unspecified atom stereocenters. The maximum Gasteiger partial charge on any atom is 0.240 e. The Morgan fingerprint density at radius 1 is 1.40 bits per heavy atom. The van der Waals surface area contributed by atoms with E-state index < -0.39 is 0 Å². The summed E-state index contributed by atoms with van der Waals surface area (Å²) >= 11 is 4.94. The van der Waals surface area contributed by atoms with Gasteiger partial charge in [-0.05, 0) is 17.7 Å². The molecular weight excluding hydrogens is 278 g/mol. The Morgan fingerprint density at radius 3 is 2.60 bits per heavy atom. The smallest absolute Gasteiger partial charge is 0.240 e. The lowest BCUT2D eigenvalue weighted by Gasteiger charge is -2.25. The van der Waals surface area contributed by atoms with Gasteiger partial charge in [-0.15, -0.1) is 0 Å². The number of benzene rings is 1. The van der Waals surface area contributed by atoms with Gasteiger partial charge < -0.3 is 10.5 Å². The topological polar surface area (TPSA) is 84.7 Å². The second-order valence-corrected chi connectivity index (χ2v) is 4.96.